The van der Waals surface area contributed by atoms with E-state index < -0.39 is 0 Å². The molecule has 4 heteroatoms. The number of halogens is 2. The van der Waals surface area contributed by atoms with Crippen LogP contribution in [0.2, 0.25) is 0 Å². The van der Waals surface area contributed by atoms with E-state index in [1.807, 2.05) is 6.92 Å². The van der Waals surface area contributed by atoms with Gasteiger partial charge in [-0.3, -0.25) is 4.39 Å². The average Bonchev–Trinajstić information content (AvgIpc) is 2.33. The zero-order valence-corrected chi connectivity index (χ0v) is 11.1. The third-order valence-electron chi connectivity index (χ3n) is 2.18. The zero-order chi connectivity index (χ0) is 12.6. The molecule has 1 atom stereocenters. The third-order valence-corrected chi connectivity index (χ3v) is 2.63. The molecule has 0 amide bonds. The number of hydrogen-bond acceptors (Lipinski definition) is 2. The number of aliphatic hydroxyl groups is 2. The minimum absolute atomic E-state index is 0.0370. The van der Waals surface area contributed by atoms with E-state index in [-0.39, 0.29) is 18.7 Å². The van der Waals surface area contributed by atoms with Crippen molar-refractivity contribution in [2.45, 2.75) is 57.2 Å². The highest BCUT2D eigenvalue weighted by Gasteiger charge is 1.93. The lowest BCUT2D eigenvalue weighted by atomic mass is 10.1. The molecule has 0 aliphatic carbocycles. The molecule has 0 aliphatic rings. The lowest BCUT2D eigenvalue weighted by Gasteiger charge is -1.96. The molecule has 0 fully saturated rings. The highest BCUT2D eigenvalue weighted by atomic mass is 35.5. The average molecular weight is 257 g/mol. The predicted molar refractivity (Wildman–Crippen MR) is 67.8 cm³/mol. The van der Waals surface area contributed by atoms with Crippen LogP contribution in [0.5, 0.6) is 0 Å². The van der Waals surface area contributed by atoms with Crippen molar-refractivity contribution in [3.8, 4) is 0 Å². The summed E-state index contributed by atoms with van der Waals surface area (Å²) < 4.78 is 11.5. The number of unbranched alkanes of at least 4 members (excludes halogenated alkanes) is 5. The van der Waals surface area contributed by atoms with Crippen LogP contribution in [0.1, 0.15) is 51.9 Å². The van der Waals surface area contributed by atoms with Crippen molar-refractivity contribution in [1.82, 2.24) is 0 Å². The van der Waals surface area contributed by atoms with E-state index in [4.69, 9.17) is 21.8 Å². The zero-order valence-electron chi connectivity index (χ0n) is 10.3. The van der Waals surface area contributed by atoms with Crippen molar-refractivity contribution in [3.05, 3.63) is 0 Å². The number of alkyl halides is 2. The molecule has 0 bridgehead atoms. The van der Waals surface area contributed by atoms with Crippen LogP contribution in [0, 0.1) is 0 Å². The minimum atomic E-state index is -0.181. The maximum atomic E-state index is 11.5. The minimum Gasteiger partial charge on any atom is -0.396 e. The summed E-state index contributed by atoms with van der Waals surface area (Å²) >= 11 is 5.40. The predicted octanol–water partition coefficient (Wildman–Crippen LogP) is 3.28. The first kappa shape index (κ1) is 18.5. The van der Waals surface area contributed by atoms with Crippen LogP contribution >= 0.6 is 11.6 Å². The summed E-state index contributed by atoms with van der Waals surface area (Å²) in [6, 6.07) is 0. The van der Waals surface area contributed by atoms with Crippen molar-refractivity contribution in [3.63, 3.8) is 0 Å². The van der Waals surface area contributed by atoms with Gasteiger partial charge in [0, 0.05) is 6.61 Å². The number of hydrogen-bond donors (Lipinski definition) is 2. The molecule has 0 spiro atoms. The second-order valence-corrected chi connectivity index (χ2v) is 4.34. The normalized spacial score (nSPS) is 11.8. The fourth-order valence-electron chi connectivity index (χ4n) is 1.04. The van der Waals surface area contributed by atoms with E-state index >= 15 is 0 Å². The molecule has 0 radical (unpaired) electrons. The van der Waals surface area contributed by atoms with Crippen LogP contribution in [0.3, 0.4) is 0 Å². The second-order valence-electron chi connectivity index (χ2n) is 3.72. The van der Waals surface area contributed by atoms with Gasteiger partial charge in [0.2, 0.25) is 0 Å². The van der Waals surface area contributed by atoms with Crippen molar-refractivity contribution < 1.29 is 14.6 Å². The second kappa shape index (κ2) is 17.5. The van der Waals surface area contributed by atoms with Crippen molar-refractivity contribution in [2.24, 2.45) is 0 Å². The molecule has 16 heavy (non-hydrogen) atoms. The van der Waals surface area contributed by atoms with E-state index in [9.17, 15) is 4.39 Å². The Balaban J connectivity index is 0. The Labute approximate surface area is 104 Å². The summed E-state index contributed by atoms with van der Waals surface area (Å²) in [6.45, 7) is 2.15. The first-order chi connectivity index (χ1) is 7.72. The maximum absolute atomic E-state index is 11.5. The summed E-state index contributed by atoms with van der Waals surface area (Å²) in [4.78, 5) is 0. The van der Waals surface area contributed by atoms with Gasteiger partial charge in [0.25, 0.3) is 0 Å². The molecule has 1 unspecified atom stereocenters. The highest BCUT2D eigenvalue weighted by molar-refractivity contribution is 6.20. The molecule has 0 aromatic carbocycles. The molecule has 0 aliphatic heterocycles. The monoisotopic (exact) mass is 256 g/mol. The molecule has 0 rings (SSSR count). The van der Waals surface area contributed by atoms with Gasteiger partial charge >= 0.3 is 0 Å². The van der Waals surface area contributed by atoms with E-state index in [2.05, 4.69) is 0 Å². The van der Waals surface area contributed by atoms with Crippen LogP contribution in [0.25, 0.3) is 0 Å². The lowest BCUT2D eigenvalue weighted by Crippen LogP contribution is -2.00. The molecule has 0 saturated heterocycles. The van der Waals surface area contributed by atoms with Gasteiger partial charge in [-0.2, -0.15) is 0 Å². The molecule has 2 nitrogen and oxygen atoms in total. The largest absolute Gasteiger partial charge is 0.396 e. The number of aliphatic hydroxyl groups excluding tert-OH is 2. The SMILES string of the molecule is CCC(Cl)CO.OCCCCCCCCF. The summed E-state index contributed by atoms with van der Waals surface area (Å²) in [5.41, 5.74) is 0. The topological polar surface area (TPSA) is 40.5 Å². The quantitative estimate of drug-likeness (QED) is 0.491. The summed E-state index contributed by atoms with van der Waals surface area (Å²) in [5, 5.41) is 16.6. The summed E-state index contributed by atoms with van der Waals surface area (Å²) in [5.74, 6) is 0. The first-order valence-electron chi connectivity index (χ1n) is 6.14. The van der Waals surface area contributed by atoms with E-state index in [0.29, 0.717) is 13.0 Å². The number of rotatable bonds is 9. The van der Waals surface area contributed by atoms with Gasteiger partial charge in [0.05, 0.1) is 18.7 Å². The summed E-state index contributed by atoms with van der Waals surface area (Å²) in [6.07, 6.45) is 6.79. The smallest absolute Gasteiger partial charge is 0.0894 e. The fourth-order valence-corrected chi connectivity index (χ4v) is 1.04. The lowest BCUT2D eigenvalue weighted by molar-refractivity contribution is 0.282. The van der Waals surface area contributed by atoms with Gasteiger partial charge in [-0.25, -0.2) is 0 Å². The Morgan fingerprint density at radius 2 is 1.50 bits per heavy atom. The van der Waals surface area contributed by atoms with Crippen LogP contribution in [-0.4, -0.2) is 35.5 Å². The first-order valence-corrected chi connectivity index (χ1v) is 6.58. The Morgan fingerprint density at radius 1 is 1.00 bits per heavy atom. The van der Waals surface area contributed by atoms with Crippen molar-refractivity contribution >= 4 is 11.6 Å². The van der Waals surface area contributed by atoms with Crippen LogP contribution in [0.4, 0.5) is 4.39 Å². The van der Waals surface area contributed by atoms with E-state index in [0.717, 1.165) is 38.5 Å². The Morgan fingerprint density at radius 3 is 1.81 bits per heavy atom. The van der Waals surface area contributed by atoms with Gasteiger partial charge in [-0.15, -0.1) is 11.6 Å². The molecule has 100 valence electrons. The van der Waals surface area contributed by atoms with Crippen LogP contribution in [-0.2, 0) is 0 Å². The Hall–Kier alpha value is 0.140. The fraction of sp³-hybridized carbons (Fsp3) is 1.00. The van der Waals surface area contributed by atoms with Gasteiger partial charge in [-0.1, -0.05) is 32.6 Å². The van der Waals surface area contributed by atoms with Crippen LogP contribution in [0.15, 0.2) is 0 Å². The molecular weight excluding hydrogens is 231 g/mol. The maximum Gasteiger partial charge on any atom is 0.0894 e. The van der Waals surface area contributed by atoms with E-state index in [1.165, 1.54) is 0 Å². The van der Waals surface area contributed by atoms with Crippen molar-refractivity contribution in [1.29, 1.82) is 0 Å². The van der Waals surface area contributed by atoms with Gasteiger partial charge in [0.15, 0.2) is 0 Å². The van der Waals surface area contributed by atoms with Gasteiger partial charge in [0.1, 0.15) is 0 Å². The molecule has 0 aromatic heterocycles. The van der Waals surface area contributed by atoms with Crippen molar-refractivity contribution in [2.75, 3.05) is 19.9 Å². The molecule has 0 heterocycles. The molecule has 0 aromatic rings. The van der Waals surface area contributed by atoms with Gasteiger partial charge < -0.3 is 10.2 Å². The molecule has 0 saturated carbocycles. The summed E-state index contributed by atoms with van der Waals surface area (Å²) in [7, 11) is 0. The van der Waals surface area contributed by atoms with Crippen LogP contribution < -0.4 is 0 Å². The van der Waals surface area contributed by atoms with Gasteiger partial charge in [-0.05, 0) is 19.3 Å². The molecular formula is C12H26ClFO2. The van der Waals surface area contributed by atoms with E-state index in [1.54, 1.807) is 0 Å². The standard InChI is InChI=1S/C8H17FO.C4H9ClO/c9-7-5-3-1-2-4-6-8-10;1-2-4(5)3-6/h10H,1-8H2;4,6H,2-3H2,1H3. The molecule has 2 N–H and O–H groups in total. The Bertz CT molecular complexity index is 103. The highest BCUT2D eigenvalue weighted by Crippen LogP contribution is 2.04. The Kier molecular flexibility index (Phi) is 20.3. The third kappa shape index (κ3) is 19.7.